The van der Waals surface area contributed by atoms with E-state index in [1.165, 1.54) is 0 Å². The van der Waals surface area contributed by atoms with Gasteiger partial charge in [0.15, 0.2) is 0 Å². The highest BCUT2D eigenvalue weighted by Gasteiger charge is 2.33. The fourth-order valence-corrected chi connectivity index (χ4v) is 4.81. The van der Waals surface area contributed by atoms with Crippen molar-refractivity contribution in [3.63, 3.8) is 0 Å². The molecule has 0 unspecified atom stereocenters. The second-order valence-corrected chi connectivity index (χ2v) is 8.79. The van der Waals surface area contributed by atoms with E-state index in [4.69, 9.17) is 11.3 Å². The molecule has 172 valence electrons. The van der Waals surface area contributed by atoms with Crippen LogP contribution in [0.15, 0.2) is 79.3 Å². The van der Waals surface area contributed by atoms with Crippen molar-refractivity contribution in [1.29, 1.82) is 0 Å². The van der Waals surface area contributed by atoms with E-state index in [-0.39, 0.29) is 11.9 Å². The Labute approximate surface area is 203 Å². The van der Waals surface area contributed by atoms with Crippen LogP contribution in [-0.4, -0.2) is 28.0 Å². The fraction of sp³-hybridized carbons (Fsp3) is 0.179. The van der Waals surface area contributed by atoms with Gasteiger partial charge in [0.05, 0.1) is 30.3 Å². The van der Waals surface area contributed by atoms with Crippen LogP contribution in [-0.2, 0) is 17.9 Å². The molecule has 1 amide bonds. The molecule has 4 aromatic rings. The summed E-state index contributed by atoms with van der Waals surface area (Å²) >= 11 is 0. The third-order valence-corrected chi connectivity index (χ3v) is 6.60. The number of ether oxygens (including phenoxy) is 1. The molecular formula is C28H23N5O2. The van der Waals surface area contributed by atoms with E-state index in [1.54, 1.807) is 12.4 Å². The molecule has 3 heterocycles. The molecule has 7 nitrogen and oxygen atoms in total. The molecule has 7 heteroatoms. The Balaban J connectivity index is 1.48. The predicted molar refractivity (Wildman–Crippen MR) is 134 cm³/mol. The van der Waals surface area contributed by atoms with Crippen molar-refractivity contribution in [3.05, 3.63) is 102 Å². The largest absolute Gasteiger partial charge is 0.468 e. The lowest BCUT2D eigenvalue weighted by Crippen LogP contribution is -2.38. The molecule has 1 aromatic heterocycles. The van der Waals surface area contributed by atoms with Gasteiger partial charge < -0.3 is 19.5 Å². The Hall–Kier alpha value is -4.41. The lowest BCUT2D eigenvalue weighted by atomic mass is 10.0. The number of anilines is 1. The van der Waals surface area contributed by atoms with E-state index in [0.717, 1.165) is 34.5 Å². The van der Waals surface area contributed by atoms with Crippen LogP contribution in [0.25, 0.3) is 16.0 Å². The number of nitrogens with zero attached hydrogens (tertiary/aromatic N) is 4. The predicted octanol–water partition coefficient (Wildman–Crippen LogP) is 5.15. The van der Waals surface area contributed by atoms with Gasteiger partial charge in [0.1, 0.15) is 11.5 Å². The maximum atomic E-state index is 13.4. The normalized spacial score (nSPS) is 17.1. The SMILES string of the molecule is [C-]#[N+]c1ccc2cc1Oc1cccc(c1)-c1ccccc1N1CC[C@H](NCc3cncn3C2)C1=O. The first-order chi connectivity index (χ1) is 17.2. The second-order valence-electron chi connectivity index (χ2n) is 8.79. The third kappa shape index (κ3) is 3.94. The van der Waals surface area contributed by atoms with Crippen molar-refractivity contribution in [2.24, 2.45) is 0 Å². The van der Waals surface area contributed by atoms with E-state index >= 15 is 0 Å². The topological polar surface area (TPSA) is 63.8 Å². The summed E-state index contributed by atoms with van der Waals surface area (Å²) in [6, 6.07) is 21.2. The second kappa shape index (κ2) is 8.75. The summed E-state index contributed by atoms with van der Waals surface area (Å²) in [4.78, 5) is 23.2. The maximum Gasteiger partial charge on any atom is 0.244 e. The van der Waals surface area contributed by atoms with Crippen molar-refractivity contribution in [2.75, 3.05) is 11.4 Å². The Kier molecular flexibility index (Phi) is 5.28. The number of fused-ring (bicyclic) bond motifs is 10. The molecule has 0 saturated carbocycles. The summed E-state index contributed by atoms with van der Waals surface area (Å²) in [6.07, 6.45) is 4.35. The average Bonchev–Trinajstić information content (AvgIpc) is 3.48. The lowest BCUT2D eigenvalue weighted by Gasteiger charge is -2.21. The average molecular weight is 462 g/mol. The summed E-state index contributed by atoms with van der Waals surface area (Å²) in [7, 11) is 0. The Morgan fingerprint density at radius 2 is 2.00 bits per heavy atom. The molecule has 1 saturated heterocycles. The number of nitrogens with one attached hydrogen (secondary N) is 1. The first kappa shape index (κ1) is 21.1. The van der Waals surface area contributed by atoms with Gasteiger partial charge in [-0.05, 0) is 41.8 Å². The highest BCUT2D eigenvalue weighted by molar-refractivity contribution is 6.02. The van der Waals surface area contributed by atoms with Gasteiger partial charge in [0.2, 0.25) is 11.6 Å². The Bertz CT molecular complexity index is 1470. The molecule has 1 atom stereocenters. The van der Waals surface area contributed by atoms with Gasteiger partial charge >= 0.3 is 0 Å². The van der Waals surface area contributed by atoms with Gasteiger partial charge in [-0.2, -0.15) is 0 Å². The van der Waals surface area contributed by atoms with Gasteiger partial charge in [0.25, 0.3) is 0 Å². The van der Waals surface area contributed by atoms with Gasteiger partial charge in [-0.3, -0.25) is 4.79 Å². The van der Waals surface area contributed by atoms with E-state index in [1.807, 2.05) is 71.8 Å². The van der Waals surface area contributed by atoms with Gasteiger partial charge in [-0.25, -0.2) is 9.83 Å². The summed E-state index contributed by atoms with van der Waals surface area (Å²) < 4.78 is 8.29. The van der Waals surface area contributed by atoms with Crippen LogP contribution < -0.4 is 15.0 Å². The lowest BCUT2D eigenvalue weighted by molar-refractivity contribution is -0.118. The number of hydrogen-bond acceptors (Lipinski definition) is 4. The fourth-order valence-electron chi connectivity index (χ4n) is 4.81. The molecule has 1 N–H and O–H groups in total. The van der Waals surface area contributed by atoms with E-state index in [0.29, 0.717) is 36.8 Å². The van der Waals surface area contributed by atoms with Crippen molar-refractivity contribution in [1.82, 2.24) is 14.9 Å². The number of carbonyl (C=O) groups excluding carboxylic acids is 1. The Morgan fingerprint density at radius 1 is 1.09 bits per heavy atom. The molecule has 0 spiro atoms. The molecule has 35 heavy (non-hydrogen) atoms. The van der Waals surface area contributed by atoms with Gasteiger partial charge in [-0.15, -0.1) is 0 Å². The maximum absolute atomic E-state index is 13.4. The molecule has 6 rings (SSSR count). The van der Waals surface area contributed by atoms with E-state index in [9.17, 15) is 4.79 Å². The minimum absolute atomic E-state index is 0.0774. The summed E-state index contributed by atoms with van der Waals surface area (Å²) in [5, 5.41) is 3.44. The van der Waals surface area contributed by atoms with Crippen LogP contribution in [0.3, 0.4) is 0 Å². The van der Waals surface area contributed by atoms with E-state index in [2.05, 4.69) is 19.7 Å². The number of para-hydroxylation sites is 1. The molecule has 0 aliphatic carbocycles. The number of hydrogen-bond donors (Lipinski definition) is 1. The first-order valence-corrected chi connectivity index (χ1v) is 11.6. The van der Waals surface area contributed by atoms with E-state index < -0.39 is 0 Å². The van der Waals surface area contributed by atoms with Crippen LogP contribution in [0.5, 0.6) is 11.5 Å². The zero-order valence-corrected chi connectivity index (χ0v) is 19.0. The van der Waals surface area contributed by atoms with Crippen molar-refractivity contribution >= 4 is 17.3 Å². The van der Waals surface area contributed by atoms with Crippen molar-refractivity contribution < 1.29 is 9.53 Å². The van der Waals surface area contributed by atoms with Gasteiger partial charge in [-0.1, -0.05) is 42.5 Å². The van der Waals surface area contributed by atoms with Crippen molar-refractivity contribution in [2.45, 2.75) is 25.6 Å². The molecule has 2 aliphatic rings. The number of carbonyl (C=O) groups is 1. The minimum atomic E-state index is -0.249. The standard InChI is InChI=1S/C28H23N5O2/c1-29-24-10-9-19-13-27(24)35-22-6-4-5-20(14-22)23-7-2-3-8-26(23)33-12-11-25(28(33)34)31-16-21-15-30-18-32(21)17-19/h2-10,13-15,18,25,31H,11-12,16-17H2/t25-/m0/s1. The number of rotatable bonds is 0. The minimum Gasteiger partial charge on any atom is -0.468 e. The summed E-state index contributed by atoms with van der Waals surface area (Å²) in [5.41, 5.74) is 5.25. The molecule has 0 radical (unpaired) electrons. The summed E-state index contributed by atoms with van der Waals surface area (Å²) in [6.45, 7) is 9.37. The quantitative estimate of drug-likeness (QED) is 0.368. The van der Waals surface area contributed by atoms with Crippen LogP contribution >= 0.6 is 0 Å². The first-order valence-electron chi connectivity index (χ1n) is 11.6. The molecule has 6 bridgehead atoms. The molecule has 2 aliphatic heterocycles. The van der Waals surface area contributed by atoms with Crippen LogP contribution in [0.4, 0.5) is 11.4 Å². The zero-order valence-electron chi connectivity index (χ0n) is 19.0. The molecular weight excluding hydrogens is 438 g/mol. The van der Waals surface area contributed by atoms with Crippen LogP contribution in [0.2, 0.25) is 0 Å². The number of amides is 1. The highest BCUT2D eigenvalue weighted by atomic mass is 16.5. The zero-order chi connectivity index (χ0) is 23.8. The number of aromatic nitrogens is 2. The number of imidazole rings is 1. The molecule has 1 fully saturated rings. The van der Waals surface area contributed by atoms with Crippen LogP contribution in [0, 0.1) is 6.57 Å². The number of benzene rings is 3. The summed E-state index contributed by atoms with van der Waals surface area (Å²) in [5.74, 6) is 1.23. The highest BCUT2D eigenvalue weighted by Crippen LogP contribution is 2.38. The van der Waals surface area contributed by atoms with Crippen molar-refractivity contribution in [3.8, 4) is 22.6 Å². The molecule has 3 aromatic carbocycles. The Morgan fingerprint density at radius 3 is 2.91 bits per heavy atom. The smallest absolute Gasteiger partial charge is 0.244 e. The third-order valence-electron chi connectivity index (χ3n) is 6.60. The monoisotopic (exact) mass is 461 g/mol. The van der Waals surface area contributed by atoms with Crippen LogP contribution in [0.1, 0.15) is 17.7 Å². The van der Waals surface area contributed by atoms with Gasteiger partial charge in [0, 0.05) is 31.4 Å².